The summed E-state index contributed by atoms with van der Waals surface area (Å²) in [6.07, 6.45) is 0.551. The van der Waals surface area contributed by atoms with E-state index in [1.807, 2.05) is 0 Å². The van der Waals surface area contributed by atoms with Crippen molar-refractivity contribution in [3.8, 4) is 11.5 Å². The molecule has 0 spiro atoms. The van der Waals surface area contributed by atoms with Gasteiger partial charge >= 0.3 is 0 Å². The first kappa shape index (κ1) is 23.7. The van der Waals surface area contributed by atoms with Gasteiger partial charge in [-0.15, -0.1) is 0 Å². The minimum atomic E-state index is -3.99. The maximum Gasteiger partial charge on any atom is 0.255 e. The Morgan fingerprint density at radius 2 is 1.81 bits per heavy atom. The third kappa shape index (κ3) is 4.94. The van der Waals surface area contributed by atoms with Crippen molar-refractivity contribution in [1.29, 1.82) is 0 Å². The van der Waals surface area contributed by atoms with E-state index in [0.29, 0.717) is 18.7 Å². The van der Waals surface area contributed by atoms with Gasteiger partial charge in [-0.1, -0.05) is 18.7 Å². The number of phenolic OH excluding ortho intramolecular Hbond substituents is 1. The van der Waals surface area contributed by atoms with Crippen LogP contribution in [0.15, 0.2) is 65.8 Å². The number of carbonyl (C=O) groups excluding carboxylic acids is 1. The summed E-state index contributed by atoms with van der Waals surface area (Å²) in [5, 5.41) is 12.4. The van der Waals surface area contributed by atoms with Gasteiger partial charge in [-0.05, 0) is 55.7 Å². The van der Waals surface area contributed by atoms with E-state index >= 15 is 0 Å². The van der Waals surface area contributed by atoms with Crippen LogP contribution in [0.2, 0.25) is 0 Å². The van der Waals surface area contributed by atoms with Crippen molar-refractivity contribution in [1.82, 2.24) is 5.32 Å². The van der Waals surface area contributed by atoms with Gasteiger partial charge in [-0.25, -0.2) is 12.8 Å². The van der Waals surface area contributed by atoms with Gasteiger partial charge in [0.05, 0.1) is 17.1 Å². The second-order valence-electron chi connectivity index (χ2n) is 7.46. The van der Waals surface area contributed by atoms with Gasteiger partial charge in [0, 0.05) is 19.8 Å². The number of rotatable bonds is 9. The lowest BCUT2D eigenvalue weighted by atomic mass is 9.98. The summed E-state index contributed by atoms with van der Waals surface area (Å²) in [6.45, 7) is 4.22. The van der Waals surface area contributed by atoms with Crippen molar-refractivity contribution in [2.24, 2.45) is 0 Å². The molecule has 1 saturated heterocycles. The summed E-state index contributed by atoms with van der Waals surface area (Å²) in [5.74, 6) is -0.882. The van der Waals surface area contributed by atoms with E-state index in [1.165, 1.54) is 36.4 Å². The minimum Gasteiger partial charge on any atom is -0.507 e. The molecule has 1 aliphatic heterocycles. The normalized spacial score (nSPS) is 15.7. The van der Waals surface area contributed by atoms with Gasteiger partial charge in [0.15, 0.2) is 9.84 Å². The van der Waals surface area contributed by atoms with E-state index in [1.54, 1.807) is 12.1 Å². The summed E-state index contributed by atoms with van der Waals surface area (Å²) in [6, 6.07) is 12.1. The number of aromatic hydroxyl groups is 1. The van der Waals surface area contributed by atoms with E-state index in [2.05, 4.69) is 11.9 Å². The van der Waals surface area contributed by atoms with Gasteiger partial charge in [-0.2, -0.15) is 0 Å². The van der Waals surface area contributed by atoms with Crippen molar-refractivity contribution in [2.45, 2.75) is 28.9 Å². The number of ether oxygens (including phenoxy) is 2. The average Bonchev–Trinajstić information content (AvgIpc) is 2.79. The van der Waals surface area contributed by atoms with Crippen molar-refractivity contribution in [2.75, 3.05) is 26.4 Å². The summed E-state index contributed by atoms with van der Waals surface area (Å²) >= 11 is 0. The fraction of sp³-hybridized carbons (Fsp3) is 0.348. The van der Waals surface area contributed by atoms with Crippen molar-refractivity contribution < 1.29 is 32.2 Å². The summed E-state index contributed by atoms with van der Waals surface area (Å²) in [7, 11) is -3.99. The SMILES string of the molecule is C=C(F)C1(S(=O)(=O)c2ccc(OCCCNC(=O)c3ccccc3O)cc2)CCOCC1. The lowest BCUT2D eigenvalue weighted by Crippen LogP contribution is -2.44. The Labute approximate surface area is 186 Å². The predicted molar refractivity (Wildman–Crippen MR) is 117 cm³/mol. The number of halogens is 1. The molecule has 1 heterocycles. The number of benzene rings is 2. The first-order valence-corrected chi connectivity index (χ1v) is 11.7. The monoisotopic (exact) mass is 463 g/mol. The standard InChI is InChI=1S/C23H26FNO6S/c1-17(24)23(11-15-30-16-12-23)32(28,29)19-9-7-18(8-10-19)31-14-4-13-25-22(27)20-5-2-3-6-21(20)26/h2-3,5-10,26H,1,4,11-16H2,(H,25,27). The van der Waals surface area contributed by atoms with Crippen LogP contribution < -0.4 is 10.1 Å². The number of amides is 1. The molecule has 0 atom stereocenters. The Balaban J connectivity index is 1.53. The van der Waals surface area contributed by atoms with Crippen LogP contribution in [0.3, 0.4) is 0 Å². The van der Waals surface area contributed by atoms with E-state index in [0.717, 1.165) is 0 Å². The summed E-state index contributed by atoms with van der Waals surface area (Å²) in [5.41, 5.74) is 0.198. The van der Waals surface area contributed by atoms with Crippen LogP contribution in [-0.2, 0) is 14.6 Å². The quantitative estimate of drug-likeness (QED) is 0.553. The van der Waals surface area contributed by atoms with E-state index < -0.39 is 20.4 Å². The molecule has 0 aromatic heterocycles. The first-order valence-electron chi connectivity index (χ1n) is 10.2. The van der Waals surface area contributed by atoms with E-state index in [-0.39, 0.29) is 54.8 Å². The van der Waals surface area contributed by atoms with Gasteiger partial charge in [0.2, 0.25) is 0 Å². The van der Waals surface area contributed by atoms with Crippen LogP contribution >= 0.6 is 0 Å². The lowest BCUT2D eigenvalue weighted by molar-refractivity contribution is 0.0777. The molecule has 1 aliphatic rings. The molecule has 1 fully saturated rings. The first-order chi connectivity index (χ1) is 15.3. The molecule has 3 rings (SSSR count). The molecule has 0 saturated carbocycles. The highest BCUT2D eigenvalue weighted by Crippen LogP contribution is 2.40. The Morgan fingerprint density at radius 1 is 1.16 bits per heavy atom. The van der Waals surface area contributed by atoms with Crippen LogP contribution in [0.5, 0.6) is 11.5 Å². The molecule has 0 radical (unpaired) electrons. The molecule has 7 nitrogen and oxygen atoms in total. The van der Waals surface area contributed by atoms with Crippen LogP contribution in [0.25, 0.3) is 0 Å². The van der Waals surface area contributed by atoms with Gasteiger partial charge < -0.3 is 19.9 Å². The third-order valence-electron chi connectivity index (χ3n) is 5.47. The number of para-hydroxylation sites is 1. The molecule has 32 heavy (non-hydrogen) atoms. The topological polar surface area (TPSA) is 102 Å². The second kappa shape index (κ2) is 10.1. The van der Waals surface area contributed by atoms with Gasteiger partial charge in [-0.3, -0.25) is 4.79 Å². The van der Waals surface area contributed by atoms with E-state index in [4.69, 9.17) is 9.47 Å². The predicted octanol–water partition coefficient (Wildman–Crippen LogP) is 3.40. The number of hydrogen-bond donors (Lipinski definition) is 2. The molecule has 1 amide bonds. The highest BCUT2D eigenvalue weighted by molar-refractivity contribution is 7.93. The smallest absolute Gasteiger partial charge is 0.255 e. The Morgan fingerprint density at radius 3 is 2.44 bits per heavy atom. The van der Waals surface area contributed by atoms with Crippen molar-refractivity contribution in [3.63, 3.8) is 0 Å². The fourth-order valence-corrected chi connectivity index (χ4v) is 5.49. The molecule has 2 aromatic carbocycles. The molecular formula is C23H26FNO6S. The Kier molecular flexibility index (Phi) is 7.52. The maximum absolute atomic E-state index is 14.2. The number of sulfone groups is 1. The Hall–Kier alpha value is -2.91. The molecule has 2 aromatic rings. The molecule has 2 N–H and O–H groups in total. The second-order valence-corrected chi connectivity index (χ2v) is 9.72. The molecule has 0 bridgehead atoms. The van der Waals surface area contributed by atoms with Gasteiger partial charge in [0.25, 0.3) is 5.91 Å². The minimum absolute atomic E-state index is 0.000446. The number of nitrogens with one attached hydrogen (secondary N) is 1. The van der Waals surface area contributed by atoms with Crippen LogP contribution in [0.1, 0.15) is 29.6 Å². The maximum atomic E-state index is 14.2. The number of carbonyl (C=O) groups is 1. The molecule has 9 heteroatoms. The zero-order valence-corrected chi connectivity index (χ0v) is 18.4. The van der Waals surface area contributed by atoms with Crippen LogP contribution in [0, 0.1) is 0 Å². The molecule has 172 valence electrons. The zero-order chi connectivity index (χ0) is 23.2. The van der Waals surface area contributed by atoms with Crippen molar-refractivity contribution >= 4 is 15.7 Å². The summed E-state index contributed by atoms with van der Waals surface area (Å²) < 4.78 is 49.6. The van der Waals surface area contributed by atoms with Crippen LogP contribution in [0.4, 0.5) is 4.39 Å². The molecule has 0 aliphatic carbocycles. The zero-order valence-electron chi connectivity index (χ0n) is 17.6. The van der Waals surface area contributed by atoms with Gasteiger partial charge in [0.1, 0.15) is 22.1 Å². The summed E-state index contributed by atoms with van der Waals surface area (Å²) in [4.78, 5) is 12.0. The number of hydrogen-bond acceptors (Lipinski definition) is 6. The molecular weight excluding hydrogens is 437 g/mol. The average molecular weight is 464 g/mol. The van der Waals surface area contributed by atoms with Crippen LogP contribution in [-0.4, -0.2) is 50.5 Å². The number of phenols is 1. The highest BCUT2D eigenvalue weighted by Gasteiger charge is 2.49. The largest absolute Gasteiger partial charge is 0.507 e. The fourth-order valence-electron chi connectivity index (χ4n) is 3.55. The third-order valence-corrected chi connectivity index (χ3v) is 8.02. The highest BCUT2D eigenvalue weighted by atomic mass is 32.2. The molecule has 0 unspecified atom stereocenters. The lowest BCUT2D eigenvalue weighted by Gasteiger charge is -2.34. The Bertz CT molecular complexity index is 1060. The van der Waals surface area contributed by atoms with E-state index in [9.17, 15) is 22.7 Å². The van der Waals surface area contributed by atoms with Crippen molar-refractivity contribution in [3.05, 3.63) is 66.5 Å².